The Morgan fingerprint density at radius 1 is 1.17 bits per heavy atom. The molecular formula is H2CdHgSSeTeZn. The van der Waals surface area contributed by atoms with Crippen molar-refractivity contribution >= 4 is 48.6 Å². The van der Waals surface area contributed by atoms with Crippen molar-refractivity contribution in [3.05, 3.63) is 0 Å². The van der Waals surface area contributed by atoms with Crippen molar-refractivity contribution in [3.8, 4) is 0 Å². The predicted octanol–water partition coefficient (Wildman–Crippen LogP) is -0.656. The normalized spacial score (nSPS) is 0.667. The summed E-state index contributed by atoms with van der Waals surface area (Å²) in [7, 11) is 3.96. The molecule has 0 aliphatic rings. The van der Waals surface area contributed by atoms with Gasteiger partial charge >= 0.3 is 48.6 Å². The van der Waals surface area contributed by atoms with Gasteiger partial charge in [-0.3, -0.25) is 0 Å². The molecule has 0 saturated heterocycles. The van der Waals surface area contributed by atoms with Gasteiger partial charge in [0.25, 0.3) is 0 Å². The predicted molar refractivity (Wildman–Crippen MR) is 21.9 cm³/mol. The van der Waals surface area contributed by atoms with Crippen LogP contribution >= 0.6 is 10.6 Å². The Hall–Kier alpha value is 4.01. The fourth-order valence-electron chi connectivity index (χ4n) is 0. The molecule has 0 atom stereocenters. The molecule has 6 heteroatoms. The Bertz CT molecular complexity index is 15.5. The van der Waals surface area contributed by atoms with Crippen LogP contribution in [-0.4, -0.2) is 38.1 Å². The van der Waals surface area contributed by atoms with E-state index in [0.29, 0.717) is 0 Å². The standard InChI is InChI=1S/Cd.Hg.SSe.H2Te.Zn/c;;1-2;;/h;;;1H2;. The van der Waals surface area contributed by atoms with Crippen LogP contribution in [0.1, 0.15) is 0 Å². The molecule has 0 aromatic carbocycles. The van der Waals surface area contributed by atoms with Gasteiger partial charge in [0.1, 0.15) is 0 Å². The van der Waals surface area contributed by atoms with Gasteiger partial charge in [0, 0.05) is 74.4 Å². The summed E-state index contributed by atoms with van der Waals surface area (Å²) in [6.45, 7) is 0. The minimum atomic E-state index is 0. The molecule has 26 valence electrons. The van der Waals surface area contributed by atoms with E-state index in [0.717, 1.165) is 0 Å². The average molecular weight is 619 g/mol. The topological polar surface area (TPSA) is 0 Å². The second-order valence-corrected chi connectivity index (χ2v) is 0. The molecule has 0 rings (SSSR count). The van der Waals surface area contributed by atoms with Gasteiger partial charge in [-0.05, 0) is 0 Å². The van der Waals surface area contributed by atoms with Gasteiger partial charge in [-0.25, -0.2) is 0 Å². The van der Waals surface area contributed by atoms with Gasteiger partial charge in [-0.2, -0.15) is 0 Å². The van der Waals surface area contributed by atoms with E-state index in [1.807, 2.05) is 0 Å². The Morgan fingerprint density at radius 3 is 1.17 bits per heavy atom. The Morgan fingerprint density at radius 2 is 1.17 bits per heavy atom. The largest absolute Gasteiger partial charge is 0 e. The number of hydrogen-bond donors (Lipinski definition) is 0. The zero-order valence-electron chi connectivity index (χ0n) is 3.44. The van der Waals surface area contributed by atoms with Crippen molar-refractivity contribution in [2.45, 2.75) is 0 Å². The van der Waals surface area contributed by atoms with Crippen LogP contribution in [0.15, 0.2) is 0 Å². The maximum Gasteiger partial charge on any atom is 0 e. The van der Waals surface area contributed by atoms with Crippen LogP contribution in [0.3, 0.4) is 0 Å². The van der Waals surface area contributed by atoms with Crippen molar-refractivity contribution < 1.29 is 74.4 Å². The van der Waals surface area contributed by atoms with Gasteiger partial charge in [-0.15, -0.1) is 0 Å². The average Bonchev–Trinajstić information content (AvgIpc) is 1.00. The first-order valence-electron chi connectivity index (χ1n) is 0.167. The first kappa shape index (κ1) is 32.4. The number of hydrogen-bond acceptors (Lipinski definition) is 1. The monoisotopic (exact) mass is 624 g/mol. The van der Waals surface area contributed by atoms with E-state index in [1.165, 1.54) is 0 Å². The van der Waals surface area contributed by atoms with E-state index in [9.17, 15) is 0 Å². The fraction of sp³-hybridized carbons (Fsp3) is 0. The SMILES string of the molecule is S=[Se].[Cd].[Hg].[TeH2].[Zn]. The van der Waals surface area contributed by atoms with Gasteiger partial charge in [0.05, 0.1) is 0 Å². The first-order valence-corrected chi connectivity index (χ1v) is 2.60. The summed E-state index contributed by atoms with van der Waals surface area (Å²) >= 11 is 2.21. The summed E-state index contributed by atoms with van der Waals surface area (Å²) in [6.07, 6.45) is 0. The molecule has 0 saturated carbocycles. The number of rotatable bonds is 0. The van der Waals surface area contributed by atoms with Crippen LogP contribution < -0.4 is 0 Å². The van der Waals surface area contributed by atoms with E-state index in [1.54, 1.807) is 0 Å². The van der Waals surface area contributed by atoms with Crippen molar-refractivity contribution in [1.29, 1.82) is 0 Å². The molecule has 0 aliphatic heterocycles. The molecule has 0 heterocycles. The van der Waals surface area contributed by atoms with Crippen LogP contribution in [0.25, 0.3) is 0 Å². The van der Waals surface area contributed by atoms with E-state index >= 15 is 0 Å². The zero-order chi connectivity index (χ0) is 2.00. The minimum absolute atomic E-state index is 0. The Balaban J connectivity index is -0.000000000833. The van der Waals surface area contributed by atoms with Crippen LogP contribution in [0.5, 0.6) is 0 Å². The molecule has 0 fully saturated rings. The quantitative estimate of drug-likeness (QED) is 0.325. The van der Waals surface area contributed by atoms with E-state index in [2.05, 4.69) is 24.9 Å². The fourth-order valence-corrected chi connectivity index (χ4v) is 0. The van der Waals surface area contributed by atoms with E-state index < -0.39 is 0 Å². The molecule has 0 bridgehead atoms. The second kappa shape index (κ2) is 36.0. The van der Waals surface area contributed by atoms with Crippen LogP contribution in [0.4, 0.5) is 0 Å². The summed E-state index contributed by atoms with van der Waals surface area (Å²) in [5.74, 6) is 0. The molecule has 0 unspecified atom stereocenters. The first-order chi connectivity index (χ1) is 1.00. The summed E-state index contributed by atoms with van der Waals surface area (Å²) in [6, 6.07) is 0. The maximum absolute atomic E-state index is 3.96. The molecule has 0 N–H and O–H groups in total. The van der Waals surface area contributed by atoms with Crippen molar-refractivity contribution in [2.24, 2.45) is 0 Å². The van der Waals surface area contributed by atoms with Crippen molar-refractivity contribution in [3.63, 3.8) is 0 Å². The molecule has 6 heavy (non-hydrogen) atoms. The third kappa shape index (κ3) is 24.5. The Labute approximate surface area is 120 Å². The molecule has 0 radical (unpaired) electrons. The second-order valence-electron chi connectivity index (χ2n) is 0. The van der Waals surface area contributed by atoms with E-state index in [4.69, 9.17) is 0 Å². The van der Waals surface area contributed by atoms with Crippen LogP contribution in [0.2, 0.25) is 0 Å². The minimum Gasteiger partial charge on any atom is 0 e. The van der Waals surface area contributed by atoms with Crippen LogP contribution in [0, 0.1) is 0 Å². The summed E-state index contributed by atoms with van der Waals surface area (Å²) < 4.78 is 0. The maximum atomic E-state index is 3.96. The van der Waals surface area contributed by atoms with Gasteiger partial charge < -0.3 is 0 Å². The molecule has 0 aromatic rings. The molecule has 0 aromatic heterocycles. The Kier molecular flexibility index (Phi) is 194. The smallest absolute Gasteiger partial charge is 0 e. The molecule has 0 nitrogen and oxygen atoms in total. The molecular weight excluding hydrogens is 617 g/mol. The van der Waals surface area contributed by atoms with Crippen molar-refractivity contribution in [1.82, 2.24) is 0 Å². The molecule has 0 aliphatic carbocycles. The molecule has 0 amide bonds. The van der Waals surface area contributed by atoms with Gasteiger partial charge in [-0.1, -0.05) is 0 Å². The third-order valence-electron chi connectivity index (χ3n) is 0. The van der Waals surface area contributed by atoms with E-state index in [-0.39, 0.29) is 98.1 Å². The van der Waals surface area contributed by atoms with Crippen molar-refractivity contribution in [2.75, 3.05) is 0 Å². The van der Waals surface area contributed by atoms with Gasteiger partial charge in [0.15, 0.2) is 0 Å². The summed E-state index contributed by atoms with van der Waals surface area (Å²) in [5, 5.41) is 0. The molecule has 0 spiro atoms. The summed E-state index contributed by atoms with van der Waals surface area (Å²) in [4.78, 5) is 0. The third-order valence-corrected chi connectivity index (χ3v) is 0. The van der Waals surface area contributed by atoms with Crippen LogP contribution in [-0.2, 0) is 74.4 Å². The van der Waals surface area contributed by atoms with Gasteiger partial charge in [0.2, 0.25) is 0 Å². The summed E-state index contributed by atoms with van der Waals surface area (Å²) in [5.41, 5.74) is 0. The zero-order valence-corrected chi connectivity index (χ0v) is 21.3.